The Labute approximate surface area is 106 Å². The summed E-state index contributed by atoms with van der Waals surface area (Å²) in [6.45, 7) is 6.37. The van der Waals surface area contributed by atoms with Crippen LogP contribution in [0.1, 0.15) is 36.8 Å². The first kappa shape index (κ1) is 12.0. The quantitative estimate of drug-likeness (QED) is 0.843. The van der Waals surface area contributed by atoms with E-state index in [9.17, 15) is 0 Å². The maximum Gasteiger partial charge on any atom is 0.195 e. The Balaban J connectivity index is 2.51. The van der Waals surface area contributed by atoms with Gasteiger partial charge in [0, 0.05) is 6.42 Å². The van der Waals surface area contributed by atoms with Crippen LogP contribution in [0.2, 0.25) is 0 Å². The van der Waals surface area contributed by atoms with E-state index in [1.54, 1.807) is 0 Å². The molecule has 2 aromatic rings. The van der Waals surface area contributed by atoms with Crippen molar-refractivity contribution in [3.05, 3.63) is 46.0 Å². The smallest absolute Gasteiger partial charge is 0.195 e. The van der Waals surface area contributed by atoms with Gasteiger partial charge in [0.15, 0.2) is 4.77 Å². The van der Waals surface area contributed by atoms with Crippen molar-refractivity contribution in [1.29, 1.82) is 0 Å². The van der Waals surface area contributed by atoms with Crippen LogP contribution >= 0.6 is 12.2 Å². The molecule has 0 bridgehead atoms. The number of nitrogens with zero attached hydrogens (tertiary/aromatic N) is 2. The molecule has 0 saturated carbocycles. The number of aryl methyl sites for hydroxylation is 2. The van der Waals surface area contributed by atoms with Crippen molar-refractivity contribution in [1.82, 2.24) is 14.8 Å². The van der Waals surface area contributed by atoms with Crippen LogP contribution in [0.25, 0.3) is 0 Å². The predicted octanol–water partition coefficient (Wildman–Crippen LogP) is 3.42. The summed E-state index contributed by atoms with van der Waals surface area (Å²) in [6, 6.07) is 8.61. The van der Waals surface area contributed by atoms with Gasteiger partial charge >= 0.3 is 0 Å². The molecule has 4 heteroatoms. The van der Waals surface area contributed by atoms with Gasteiger partial charge in [0.25, 0.3) is 0 Å². The molecule has 0 aliphatic carbocycles. The Hall–Kier alpha value is -1.42. The second-order valence-corrected chi connectivity index (χ2v) is 4.59. The lowest BCUT2D eigenvalue weighted by molar-refractivity contribution is 0.595. The van der Waals surface area contributed by atoms with E-state index >= 15 is 0 Å². The van der Waals surface area contributed by atoms with Gasteiger partial charge in [0.2, 0.25) is 0 Å². The van der Waals surface area contributed by atoms with E-state index in [2.05, 4.69) is 59.8 Å². The molecule has 1 aromatic heterocycles. The van der Waals surface area contributed by atoms with E-state index in [0.29, 0.717) is 4.77 Å². The van der Waals surface area contributed by atoms with Crippen LogP contribution in [-0.2, 0) is 6.42 Å². The highest BCUT2D eigenvalue weighted by Gasteiger charge is 2.14. The van der Waals surface area contributed by atoms with Gasteiger partial charge in [-0.2, -0.15) is 5.10 Å². The van der Waals surface area contributed by atoms with Gasteiger partial charge in [-0.3, -0.25) is 9.67 Å². The average molecular weight is 247 g/mol. The molecule has 0 spiro atoms. The zero-order chi connectivity index (χ0) is 12.4. The molecule has 3 nitrogen and oxygen atoms in total. The molecule has 1 N–H and O–H groups in total. The van der Waals surface area contributed by atoms with Crippen molar-refractivity contribution in [3.63, 3.8) is 0 Å². The lowest BCUT2D eigenvalue weighted by atomic mass is 10.0. The molecule has 0 aliphatic heterocycles. The topological polar surface area (TPSA) is 33.6 Å². The van der Waals surface area contributed by atoms with E-state index in [1.807, 2.05) is 0 Å². The first-order valence-corrected chi connectivity index (χ1v) is 6.27. The van der Waals surface area contributed by atoms with Gasteiger partial charge < -0.3 is 0 Å². The second kappa shape index (κ2) is 4.84. The molecule has 1 atom stereocenters. The summed E-state index contributed by atoms with van der Waals surface area (Å²) in [5.74, 6) is 1.01. The summed E-state index contributed by atoms with van der Waals surface area (Å²) in [5.41, 5.74) is 2.57. The van der Waals surface area contributed by atoms with Crippen LogP contribution in [0.15, 0.2) is 24.3 Å². The SMILES string of the molecule is CCc1n[nH]c(=S)n1C(C)c1ccccc1C. The third-order valence-electron chi connectivity index (χ3n) is 3.12. The number of aromatic amines is 1. The molecule has 2 rings (SSSR count). The van der Waals surface area contributed by atoms with Gasteiger partial charge in [0.05, 0.1) is 6.04 Å². The number of nitrogens with one attached hydrogen (secondary N) is 1. The molecule has 0 radical (unpaired) electrons. The predicted molar refractivity (Wildman–Crippen MR) is 71.8 cm³/mol. The van der Waals surface area contributed by atoms with Crippen molar-refractivity contribution in [2.75, 3.05) is 0 Å². The lowest BCUT2D eigenvalue weighted by Gasteiger charge is -2.17. The second-order valence-electron chi connectivity index (χ2n) is 4.20. The van der Waals surface area contributed by atoms with E-state index in [0.717, 1.165) is 12.2 Å². The van der Waals surface area contributed by atoms with Gasteiger partial charge in [-0.25, -0.2) is 0 Å². The van der Waals surface area contributed by atoms with Crippen LogP contribution in [-0.4, -0.2) is 14.8 Å². The average Bonchev–Trinajstić information content (AvgIpc) is 2.70. The molecule has 1 aromatic carbocycles. The van der Waals surface area contributed by atoms with Crippen LogP contribution in [0.4, 0.5) is 0 Å². The fourth-order valence-corrected chi connectivity index (χ4v) is 2.49. The van der Waals surface area contributed by atoms with Gasteiger partial charge in [-0.1, -0.05) is 31.2 Å². The highest BCUT2D eigenvalue weighted by Crippen LogP contribution is 2.22. The summed E-state index contributed by atoms with van der Waals surface area (Å²) in [6.07, 6.45) is 0.878. The fourth-order valence-electron chi connectivity index (χ4n) is 2.18. The van der Waals surface area contributed by atoms with Crippen molar-refractivity contribution in [2.24, 2.45) is 0 Å². The molecular formula is C13H17N3S. The number of H-pyrrole nitrogens is 1. The number of hydrogen-bond acceptors (Lipinski definition) is 2. The van der Waals surface area contributed by atoms with Crippen molar-refractivity contribution in [3.8, 4) is 0 Å². The standard InChI is InChI=1S/C13H17N3S/c1-4-12-14-15-13(17)16(12)10(3)11-8-6-5-7-9(11)2/h5-8,10H,4H2,1-3H3,(H,15,17). The minimum atomic E-state index is 0.220. The van der Waals surface area contributed by atoms with E-state index < -0.39 is 0 Å². The van der Waals surface area contributed by atoms with Gasteiger partial charge in [-0.05, 0) is 37.2 Å². The number of hydrogen-bond donors (Lipinski definition) is 1. The number of rotatable bonds is 3. The maximum atomic E-state index is 5.30. The Morgan fingerprint density at radius 1 is 1.41 bits per heavy atom. The summed E-state index contributed by atoms with van der Waals surface area (Å²) in [5, 5.41) is 7.13. The summed E-state index contributed by atoms with van der Waals surface area (Å²) < 4.78 is 2.79. The molecule has 0 fully saturated rings. The molecule has 17 heavy (non-hydrogen) atoms. The zero-order valence-corrected chi connectivity index (χ0v) is 11.2. The lowest BCUT2D eigenvalue weighted by Crippen LogP contribution is -2.11. The van der Waals surface area contributed by atoms with Gasteiger partial charge in [-0.15, -0.1) is 0 Å². The Morgan fingerprint density at radius 2 is 2.12 bits per heavy atom. The summed E-state index contributed by atoms with van der Waals surface area (Å²) in [7, 11) is 0. The molecule has 1 unspecified atom stereocenters. The first-order chi connectivity index (χ1) is 8.15. The minimum Gasteiger partial charge on any atom is -0.297 e. The molecule has 90 valence electrons. The zero-order valence-electron chi connectivity index (χ0n) is 10.4. The third kappa shape index (κ3) is 2.17. The third-order valence-corrected chi connectivity index (χ3v) is 3.41. The maximum absolute atomic E-state index is 5.30. The van der Waals surface area contributed by atoms with Gasteiger partial charge in [0.1, 0.15) is 5.82 Å². The highest BCUT2D eigenvalue weighted by atomic mass is 32.1. The van der Waals surface area contributed by atoms with Crippen molar-refractivity contribution < 1.29 is 0 Å². The van der Waals surface area contributed by atoms with Crippen molar-refractivity contribution >= 4 is 12.2 Å². The first-order valence-electron chi connectivity index (χ1n) is 5.86. The highest BCUT2D eigenvalue weighted by molar-refractivity contribution is 7.71. The molecule has 0 amide bonds. The van der Waals surface area contributed by atoms with E-state index in [-0.39, 0.29) is 6.04 Å². The normalized spacial score (nSPS) is 12.6. The Kier molecular flexibility index (Phi) is 3.43. The molecule has 0 saturated heterocycles. The van der Waals surface area contributed by atoms with E-state index in [4.69, 9.17) is 12.2 Å². The molecular weight excluding hydrogens is 230 g/mol. The van der Waals surface area contributed by atoms with Crippen LogP contribution in [0.3, 0.4) is 0 Å². The van der Waals surface area contributed by atoms with Crippen molar-refractivity contribution in [2.45, 2.75) is 33.2 Å². The van der Waals surface area contributed by atoms with Crippen LogP contribution in [0.5, 0.6) is 0 Å². The van der Waals surface area contributed by atoms with E-state index in [1.165, 1.54) is 11.1 Å². The number of benzene rings is 1. The number of aromatic nitrogens is 3. The Morgan fingerprint density at radius 3 is 2.76 bits per heavy atom. The van der Waals surface area contributed by atoms with Crippen LogP contribution < -0.4 is 0 Å². The summed E-state index contributed by atoms with van der Waals surface area (Å²) >= 11 is 5.30. The summed E-state index contributed by atoms with van der Waals surface area (Å²) in [4.78, 5) is 0. The van der Waals surface area contributed by atoms with Crippen LogP contribution in [0, 0.1) is 11.7 Å². The monoisotopic (exact) mass is 247 g/mol. The molecule has 0 aliphatic rings. The fraction of sp³-hybridized carbons (Fsp3) is 0.385. The minimum absolute atomic E-state index is 0.220. The molecule has 1 heterocycles. The largest absolute Gasteiger partial charge is 0.297 e. The Bertz CT molecular complexity index is 568.